The Balaban J connectivity index is 2.40. The number of furan rings is 1. The summed E-state index contributed by atoms with van der Waals surface area (Å²) in [6, 6.07) is 7.64. The average Bonchev–Trinajstić information content (AvgIpc) is 2.85. The third-order valence-corrected chi connectivity index (χ3v) is 3.33. The van der Waals surface area contributed by atoms with E-state index in [1.807, 2.05) is 6.07 Å². The Labute approximate surface area is 123 Å². The summed E-state index contributed by atoms with van der Waals surface area (Å²) in [6.07, 6.45) is 2.81. The maximum atomic E-state index is 13.1. The molecule has 0 amide bonds. The number of hydrogen-bond donors (Lipinski definition) is 0. The Morgan fingerprint density at radius 3 is 2.75 bits per heavy atom. The van der Waals surface area contributed by atoms with Crippen LogP contribution in [0.5, 0.6) is 0 Å². The molecule has 1 aromatic carbocycles. The normalized spacial score (nSPS) is 11.2. The highest BCUT2D eigenvalue weighted by Crippen LogP contribution is 2.20. The number of carbonyl (C=O) groups is 1. The summed E-state index contributed by atoms with van der Waals surface area (Å²) in [7, 11) is 0. The van der Waals surface area contributed by atoms with Crippen LogP contribution in [0.25, 0.3) is 6.08 Å². The van der Waals surface area contributed by atoms with E-state index in [1.165, 1.54) is 36.6 Å². The molecule has 5 heteroatoms. The van der Waals surface area contributed by atoms with Crippen molar-refractivity contribution >= 4 is 27.8 Å². The highest BCUT2D eigenvalue weighted by molar-refractivity contribution is 9.10. The number of carbonyl (C=O) groups excluding carboxylic acids is 1. The van der Waals surface area contributed by atoms with Gasteiger partial charge in [0.1, 0.15) is 23.2 Å². The summed E-state index contributed by atoms with van der Waals surface area (Å²) in [4.78, 5) is 12.2. The second kappa shape index (κ2) is 5.85. The molecule has 2 aromatic rings. The van der Waals surface area contributed by atoms with Crippen LogP contribution in [-0.2, 0) is 0 Å². The number of nitriles is 1. The van der Waals surface area contributed by atoms with Gasteiger partial charge in [0.15, 0.2) is 0 Å². The van der Waals surface area contributed by atoms with Crippen LogP contribution in [-0.4, -0.2) is 5.78 Å². The van der Waals surface area contributed by atoms with Gasteiger partial charge in [0, 0.05) is 0 Å². The van der Waals surface area contributed by atoms with Gasteiger partial charge in [-0.1, -0.05) is 6.07 Å². The van der Waals surface area contributed by atoms with E-state index in [0.717, 1.165) is 0 Å². The van der Waals surface area contributed by atoms with Gasteiger partial charge in [-0.05, 0) is 52.7 Å². The maximum Gasteiger partial charge on any atom is 0.207 e. The van der Waals surface area contributed by atoms with Crippen LogP contribution >= 0.6 is 15.9 Å². The van der Waals surface area contributed by atoms with E-state index < -0.39 is 11.6 Å². The number of hydrogen-bond acceptors (Lipinski definition) is 3. The van der Waals surface area contributed by atoms with Crippen molar-refractivity contribution in [2.45, 2.75) is 6.92 Å². The Morgan fingerprint density at radius 2 is 2.20 bits per heavy atom. The number of ketones is 1. The average molecular weight is 334 g/mol. The van der Waals surface area contributed by atoms with Crippen LogP contribution in [0.1, 0.15) is 21.7 Å². The summed E-state index contributed by atoms with van der Waals surface area (Å²) in [5, 5.41) is 9.12. The van der Waals surface area contributed by atoms with Gasteiger partial charge in [0.25, 0.3) is 0 Å². The largest absolute Gasteiger partial charge is 0.469 e. The van der Waals surface area contributed by atoms with Crippen molar-refractivity contribution in [2.24, 2.45) is 0 Å². The quantitative estimate of drug-likeness (QED) is 0.478. The summed E-state index contributed by atoms with van der Waals surface area (Å²) in [6.45, 7) is 1.65. The molecule has 20 heavy (non-hydrogen) atoms. The molecule has 1 heterocycles. The fourth-order valence-electron chi connectivity index (χ4n) is 1.68. The molecule has 0 aliphatic heterocycles. The van der Waals surface area contributed by atoms with Crippen LogP contribution in [0, 0.1) is 24.1 Å². The molecule has 0 fully saturated rings. The lowest BCUT2D eigenvalue weighted by Crippen LogP contribution is -2.02. The van der Waals surface area contributed by atoms with Gasteiger partial charge < -0.3 is 4.42 Å². The number of halogens is 2. The molecule has 0 N–H and O–H groups in total. The number of allylic oxidation sites excluding steroid dienone is 1. The first-order chi connectivity index (χ1) is 9.52. The van der Waals surface area contributed by atoms with Crippen LogP contribution < -0.4 is 0 Å². The van der Waals surface area contributed by atoms with Crippen molar-refractivity contribution in [3.05, 3.63) is 63.3 Å². The minimum absolute atomic E-state index is 0.0343. The molecular weight excluding hydrogens is 325 g/mol. The molecular formula is C15H9BrFNO2. The van der Waals surface area contributed by atoms with Gasteiger partial charge in [-0.25, -0.2) is 4.39 Å². The van der Waals surface area contributed by atoms with Gasteiger partial charge >= 0.3 is 0 Å². The lowest BCUT2D eigenvalue weighted by molar-refractivity contribution is 0.103. The zero-order chi connectivity index (χ0) is 14.7. The molecule has 0 saturated carbocycles. The van der Waals surface area contributed by atoms with Gasteiger partial charge in [-0.3, -0.25) is 4.79 Å². The van der Waals surface area contributed by atoms with Crippen molar-refractivity contribution in [3.8, 4) is 6.07 Å². The second-order valence-electron chi connectivity index (χ2n) is 4.06. The van der Waals surface area contributed by atoms with E-state index in [1.54, 1.807) is 6.92 Å². The van der Waals surface area contributed by atoms with Crippen LogP contribution in [0.2, 0.25) is 0 Å². The molecule has 2 rings (SSSR count). The van der Waals surface area contributed by atoms with Crippen molar-refractivity contribution in [1.29, 1.82) is 5.26 Å². The second-order valence-corrected chi connectivity index (χ2v) is 4.92. The first-order valence-electron chi connectivity index (χ1n) is 5.68. The van der Waals surface area contributed by atoms with Crippen molar-refractivity contribution in [1.82, 2.24) is 0 Å². The van der Waals surface area contributed by atoms with E-state index >= 15 is 0 Å². The van der Waals surface area contributed by atoms with Crippen molar-refractivity contribution in [2.75, 3.05) is 0 Å². The van der Waals surface area contributed by atoms with Gasteiger partial charge in [-0.15, -0.1) is 0 Å². The molecule has 0 saturated heterocycles. The third kappa shape index (κ3) is 2.86. The first kappa shape index (κ1) is 14.2. The fraction of sp³-hybridized carbons (Fsp3) is 0.0667. The van der Waals surface area contributed by atoms with E-state index in [4.69, 9.17) is 9.68 Å². The van der Waals surface area contributed by atoms with Crippen LogP contribution in [0.15, 0.2) is 45.0 Å². The Kier molecular flexibility index (Phi) is 4.16. The Bertz CT molecular complexity index is 741. The summed E-state index contributed by atoms with van der Waals surface area (Å²) < 4.78 is 18.5. The number of rotatable bonds is 3. The number of nitrogens with zero attached hydrogens (tertiary/aromatic N) is 1. The Morgan fingerprint density at radius 1 is 1.45 bits per heavy atom. The molecule has 0 spiro atoms. The van der Waals surface area contributed by atoms with E-state index in [9.17, 15) is 9.18 Å². The fourth-order valence-corrected chi connectivity index (χ4v) is 2.08. The van der Waals surface area contributed by atoms with E-state index in [-0.39, 0.29) is 10.0 Å². The number of Topliss-reactive ketones (excluding diaryl/α,β-unsaturated/α-hetero) is 1. The molecule has 0 atom stereocenters. The first-order valence-corrected chi connectivity index (χ1v) is 6.48. The number of benzene rings is 1. The van der Waals surface area contributed by atoms with E-state index in [0.29, 0.717) is 16.9 Å². The summed E-state index contributed by atoms with van der Waals surface area (Å²) in [5.74, 6) is -0.367. The van der Waals surface area contributed by atoms with Gasteiger partial charge in [-0.2, -0.15) is 5.26 Å². The van der Waals surface area contributed by atoms with Crippen LogP contribution in [0.3, 0.4) is 0 Å². The lowest BCUT2D eigenvalue weighted by atomic mass is 10.0. The summed E-state index contributed by atoms with van der Waals surface area (Å²) in [5.41, 5.74) is 0.872. The third-order valence-electron chi connectivity index (χ3n) is 2.72. The predicted octanol–water partition coefficient (Wildman–Crippen LogP) is 4.28. The monoisotopic (exact) mass is 333 g/mol. The highest BCUT2D eigenvalue weighted by atomic mass is 79.9. The molecule has 0 radical (unpaired) electrons. The molecule has 3 nitrogen and oxygen atoms in total. The zero-order valence-corrected chi connectivity index (χ0v) is 12.1. The zero-order valence-electron chi connectivity index (χ0n) is 10.5. The molecule has 1 aromatic heterocycles. The smallest absolute Gasteiger partial charge is 0.207 e. The predicted molar refractivity (Wildman–Crippen MR) is 75.5 cm³/mol. The molecule has 0 aliphatic carbocycles. The minimum atomic E-state index is -0.417. The Hall–Kier alpha value is -2.19. The number of aryl methyl sites for hydroxylation is 1. The van der Waals surface area contributed by atoms with E-state index in [2.05, 4.69) is 15.9 Å². The van der Waals surface area contributed by atoms with Gasteiger partial charge in [0.05, 0.1) is 16.3 Å². The molecule has 0 unspecified atom stereocenters. The molecule has 0 aliphatic rings. The standard InChI is InChI=1S/C15H9BrFNO2/c1-9-12(4-5-20-9)15(19)11(8-18)6-10-2-3-14(17)13(16)7-10/h2-7H,1H3/b11-6+. The van der Waals surface area contributed by atoms with Crippen molar-refractivity contribution in [3.63, 3.8) is 0 Å². The molecule has 100 valence electrons. The topological polar surface area (TPSA) is 54.0 Å². The minimum Gasteiger partial charge on any atom is -0.469 e. The SMILES string of the molecule is Cc1occc1C(=O)/C(C#N)=C/c1ccc(F)c(Br)c1. The maximum absolute atomic E-state index is 13.1. The van der Waals surface area contributed by atoms with Crippen molar-refractivity contribution < 1.29 is 13.6 Å². The van der Waals surface area contributed by atoms with Gasteiger partial charge in [0.2, 0.25) is 5.78 Å². The lowest BCUT2D eigenvalue weighted by Gasteiger charge is -2.00. The summed E-state index contributed by atoms with van der Waals surface area (Å²) >= 11 is 3.06. The highest BCUT2D eigenvalue weighted by Gasteiger charge is 2.16. The van der Waals surface area contributed by atoms with Crippen LogP contribution in [0.4, 0.5) is 4.39 Å². The molecule has 0 bridgehead atoms.